The normalized spacial score (nSPS) is 33.2. The number of nitrogens with two attached hydrogens (primary N) is 1. The first-order valence-corrected chi connectivity index (χ1v) is 5.75. The quantitative estimate of drug-likeness (QED) is 0.716. The van der Waals surface area contributed by atoms with E-state index in [1.165, 1.54) is 38.8 Å². The van der Waals surface area contributed by atoms with E-state index in [2.05, 4.69) is 11.8 Å². The first kappa shape index (κ1) is 9.47. The molecule has 0 aromatic rings. The van der Waals surface area contributed by atoms with Crippen LogP contribution < -0.4 is 5.73 Å². The van der Waals surface area contributed by atoms with E-state index in [1.807, 2.05) is 0 Å². The number of likely N-dealkylation sites (tertiary alicyclic amines) is 1. The molecule has 1 heterocycles. The minimum atomic E-state index is 0.707. The summed E-state index contributed by atoms with van der Waals surface area (Å²) >= 11 is 0. The summed E-state index contributed by atoms with van der Waals surface area (Å²) in [5.74, 6) is 1.82. The molecule has 0 spiro atoms. The van der Waals surface area contributed by atoms with Crippen molar-refractivity contribution < 1.29 is 0 Å². The molecule has 1 aliphatic heterocycles. The van der Waals surface area contributed by atoms with E-state index in [0.29, 0.717) is 6.04 Å². The van der Waals surface area contributed by atoms with Gasteiger partial charge in [0.2, 0.25) is 0 Å². The summed E-state index contributed by atoms with van der Waals surface area (Å²) in [6.07, 6.45) is 5.66. The molecule has 2 rings (SSSR count). The van der Waals surface area contributed by atoms with Gasteiger partial charge in [0.05, 0.1) is 0 Å². The van der Waals surface area contributed by atoms with E-state index >= 15 is 0 Å². The van der Waals surface area contributed by atoms with Crippen molar-refractivity contribution in [1.29, 1.82) is 0 Å². The molecule has 2 unspecified atom stereocenters. The lowest BCUT2D eigenvalue weighted by atomic mass is 9.79. The van der Waals surface area contributed by atoms with Crippen LogP contribution in [-0.2, 0) is 0 Å². The van der Waals surface area contributed by atoms with Crippen molar-refractivity contribution in [3.8, 4) is 0 Å². The predicted octanol–water partition coefficient (Wildman–Crippen LogP) is 1.46. The van der Waals surface area contributed by atoms with Crippen LogP contribution in [0.4, 0.5) is 0 Å². The summed E-state index contributed by atoms with van der Waals surface area (Å²) in [5, 5.41) is 0. The Labute approximate surface area is 81.5 Å². The molecule has 2 N–H and O–H groups in total. The molecule has 2 heteroatoms. The lowest BCUT2D eigenvalue weighted by Gasteiger charge is -2.38. The van der Waals surface area contributed by atoms with Crippen LogP contribution >= 0.6 is 0 Å². The molecule has 0 bridgehead atoms. The van der Waals surface area contributed by atoms with Crippen molar-refractivity contribution in [1.82, 2.24) is 4.90 Å². The van der Waals surface area contributed by atoms with Crippen LogP contribution in [0.5, 0.6) is 0 Å². The van der Waals surface area contributed by atoms with Crippen LogP contribution in [-0.4, -0.2) is 30.6 Å². The highest BCUT2D eigenvalue weighted by Gasteiger charge is 2.33. The average Bonchev–Trinajstić information content (AvgIpc) is 2.43. The summed E-state index contributed by atoms with van der Waals surface area (Å²) in [6, 6.07) is 0.707. The molecule has 1 saturated heterocycles. The second kappa shape index (κ2) is 3.97. The molecule has 0 aromatic heterocycles. The maximum absolute atomic E-state index is 5.87. The van der Waals surface area contributed by atoms with Gasteiger partial charge >= 0.3 is 0 Å². The van der Waals surface area contributed by atoms with Crippen LogP contribution in [0, 0.1) is 11.8 Å². The van der Waals surface area contributed by atoms with Gasteiger partial charge in [-0.3, -0.25) is 4.90 Å². The maximum atomic E-state index is 5.87. The highest BCUT2D eigenvalue weighted by atomic mass is 15.2. The standard InChI is InChI=1S/C11H22N2/c1-9-5-6-13(8-9)11(7-12)10-3-2-4-10/h9-11H,2-8,12H2,1H3. The van der Waals surface area contributed by atoms with Gasteiger partial charge in [0.25, 0.3) is 0 Å². The minimum absolute atomic E-state index is 0.707. The third-order valence-electron chi connectivity index (χ3n) is 3.86. The zero-order valence-corrected chi connectivity index (χ0v) is 8.71. The second-order valence-electron chi connectivity index (χ2n) is 4.88. The Balaban J connectivity index is 1.88. The van der Waals surface area contributed by atoms with Crippen LogP contribution in [0.2, 0.25) is 0 Å². The lowest BCUT2D eigenvalue weighted by Crippen LogP contribution is -2.46. The molecule has 13 heavy (non-hydrogen) atoms. The van der Waals surface area contributed by atoms with E-state index in [4.69, 9.17) is 5.73 Å². The summed E-state index contributed by atoms with van der Waals surface area (Å²) in [6.45, 7) is 5.81. The predicted molar refractivity (Wildman–Crippen MR) is 55.5 cm³/mol. The van der Waals surface area contributed by atoms with E-state index in [0.717, 1.165) is 18.4 Å². The van der Waals surface area contributed by atoms with Crippen molar-refractivity contribution >= 4 is 0 Å². The van der Waals surface area contributed by atoms with E-state index < -0.39 is 0 Å². The van der Waals surface area contributed by atoms with Crippen molar-refractivity contribution in [2.24, 2.45) is 17.6 Å². The SMILES string of the molecule is CC1CCN(C(CN)C2CCC2)C1. The number of rotatable bonds is 3. The topological polar surface area (TPSA) is 29.3 Å². The molecule has 2 atom stereocenters. The van der Waals surface area contributed by atoms with Gasteiger partial charge in [0, 0.05) is 19.1 Å². The van der Waals surface area contributed by atoms with Crippen LogP contribution in [0.1, 0.15) is 32.6 Å². The van der Waals surface area contributed by atoms with E-state index in [1.54, 1.807) is 0 Å². The third-order valence-corrected chi connectivity index (χ3v) is 3.86. The van der Waals surface area contributed by atoms with E-state index in [-0.39, 0.29) is 0 Å². The largest absolute Gasteiger partial charge is 0.329 e. The molecule has 2 nitrogen and oxygen atoms in total. The zero-order valence-electron chi connectivity index (χ0n) is 8.71. The Morgan fingerprint density at radius 1 is 1.38 bits per heavy atom. The summed E-state index contributed by atoms with van der Waals surface area (Å²) in [4.78, 5) is 2.63. The van der Waals surface area contributed by atoms with Crippen LogP contribution in [0.25, 0.3) is 0 Å². The first-order chi connectivity index (χ1) is 6.31. The van der Waals surface area contributed by atoms with Gasteiger partial charge < -0.3 is 5.73 Å². The fraction of sp³-hybridized carbons (Fsp3) is 1.00. The fourth-order valence-corrected chi connectivity index (χ4v) is 2.73. The first-order valence-electron chi connectivity index (χ1n) is 5.75. The van der Waals surface area contributed by atoms with Crippen molar-refractivity contribution in [2.75, 3.05) is 19.6 Å². The van der Waals surface area contributed by atoms with E-state index in [9.17, 15) is 0 Å². The smallest absolute Gasteiger partial charge is 0.0246 e. The molecule has 0 radical (unpaired) electrons. The third kappa shape index (κ3) is 1.89. The van der Waals surface area contributed by atoms with Gasteiger partial charge in [-0.2, -0.15) is 0 Å². The number of hydrogen-bond acceptors (Lipinski definition) is 2. The molecule has 0 amide bonds. The molecular formula is C11H22N2. The Morgan fingerprint density at radius 3 is 2.54 bits per heavy atom. The highest BCUT2D eigenvalue weighted by molar-refractivity contribution is 4.88. The molecule has 76 valence electrons. The highest BCUT2D eigenvalue weighted by Crippen LogP contribution is 2.33. The Kier molecular flexibility index (Phi) is 2.89. The number of hydrogen-bond donors (Lipinski definition) is 1. The molecule has 1 aliphatic carbocycles. The summed E-state index contributed by atoms with van der Waals surface area (Å²) in [5.41, 5.74) is 5.87. The number of nitrogens with zero attached hydrogens (tertiary/aromatic N) is 1. The van der Waals surface area contributed by atoms with Gasteiger partial charge in [0.1, 0.15) is 0 Å². The fourth-order valence-electron chi connectivity index (χ4n) is 2.73. The maximum Gasteiger partial charge on any atom is 0.0246 e. The Hall–Kier alpha value is -0.0800. The Bertz CT molecular complexity index is 165. The molecule has 0 aromatic carbocycles. The zero-order chi connectivity index (χ0) is 9.26. The monoisotopic (exact) mass is 182 g/mol. The van der Waals surface area contributed by atoms with Gasteiger partial charge in [-0.1, -0.05) is 13.3 Å². The molecule has 2 fully saturated rings. The average molecular weight is 182 g/mol. The van der Waals surface area contributed by atoms with Crippen molar-refractivity contribution in [3.05, 3.63) is 0 Å². The van der Waals surface area contributed by atoms with Gasteiger partial charge in [-0.25, -0.2) is 0 Å². The van der Waals surface area contributed by atoms with Gasteiger partial charge in [0.15, 0.2) is 0 Å². The van der Waals surface area contributed by atoms with Gasteiger partial charge in [-0.15, -0.1) is 0 Å². The minimum Gasteiger partial charge on any atom is -0.329 e. The van der Waals surface area contributed by atoms with Crippen molar-refractivity contribution in [2.45, 2.75) is 38.6 Å². The van der Waals surface area contributed by atoms with Crippen LogP contribution in [0.3, 0.4) is 0 Å². The van der Waals surface area contributed by atoms with Crippen molar-refractivity contribution in [3.63, 3.8) is 0 Å². The molecule has 2 aliphatic rings. The second-order valence-corrected chi connectivity index (χ2v) is 4.88. The molecule has 1 saturated carbocycles. The van der Waals surface area contributed by atoms with Gasteiger partial charge in [-0.05, 0) is 37.6 Å². The summed E-state index contributed by atoms with van der Waals surface area (Å²) < 4.78 is 0. The van der Waals surface area contributed by atoms with Crippen LogP contribution in [0.15, 0.2) is 0 Å². The lowest BCUT2D eigenvalue weighted by molar-refractivity contribution is 0.120. The Morgan fingerprint density at radius 2 is 2.15 bits per heavy atom. The molecular weight excluding hydrogens is 160 g/mol. The summed E-state index contributed by atoms with van der Waals surface area (Å²) in [7, 11) is 0.